The zero-order chi connectivity index (χ0) is 16.4. The topological polar surface area (TPSA) is 57.0 Å². The van der Waals surface area contributed by atoms with E-state index in [0.29, 0.717) is 17.6 Å². The van der Waals surface area contributed by atoms with Gasteiger partial charge >= 0.3 is 5.97 Å². The van der Waals surface area contributed by atoms with E-state index in [2.05, 4.69) is 10.3 Å². The van der Waals surface area contributed by atoms with Crippen molar-refractivity contribution in [3.05, 3.63) is 59.4 Å². The summed E-state index contributed by atoms with van der Waals surface area (Å²) >= 11 is 0. The minimum Gasteiger partial charge on any atom is -0.454 e. The number of carbonyl (C=O) groups excluding carboxylic acids is 1. The molecule has 1 unspecified atom stereocenters. The molecule has 0 saturated heterocycles. The van der Waals surface area contributed by atoms with Gasteiger partial charge in [-0.05, 0) is 49.7 Å². The van der Waals surface area contributed by atoms with Gasteiger partial charge in [-0.15, -0.1) is 5.10 Å². The highest BCUT2D eigenvalue weighted by molar-refractivity contribution is 5.93. The number of hydrogen-bond donors (Lipinski definition) is 0. The van der Waals surface area contributed by atoms with E-state index in [1.165, 1.54) is 12.1 Å². The highest BCUT2D eigenvalue weighted by Crippen LogP contribution is 2.20. The monoisotopic (exact) mass is 313 g/mol. The molecule has 0 bridgehead atoms. The summed E-state index contributed by atoms with van der Waals surface area (Å²) in [4.78, 5) is 12.3. The van der Waals surface area contributed by atoms with Crippen LogP contribution in [0.25, 0.3) is 11.0 Å². The minimum atomic E-state index is -0.467. The molecule has 0 aliphatic heterocycles. The van der Waals surface area contributed by atoms with Crippen molar-refractivity contribution >= 4 is 17.0 Å². The van der Waals surface area contributed by atoms with Crippen molar-refractivity contribution in [2.75, 3.05) is 0 Å². The van der Waals surface area contributed by atoms with Gasteiger partial charge in [-0.3, -0.25) is 0 Å². The maximum Gasteiger partial charge on any atom is 0.338 e. The summed E-state index contributed by atoms with van der Waals surface area (Å²) in [5.74, 6) is -0.772. The van der Waals surface area contributed by atoms with Crippen LogP contribution < -0.4 is 0 Å². The smallest absolute Gasteiger partial charge is 0.338 e. The molecule has 3 rings (SSSR count). The van der Waals surface area contributed by atoms with Crippen molar-refractivity contribution in [2.45, 2.75) is 26.5 Å². The lowest BCUT2D eigenvalue weighted by molar-refractivity contribution is 0.0338. The minimum absolute atomic E-state index is 0.322. The summed E-state index contributed by atoms with van der Waals surface area (Å²) in [6.07, 6.45) is -0.467. The molecule has 0 spiro atoms. The molecule has 2 aromatic carbocycles. The summed E-state index contributed by atoms with van der Waals surface area (Å²) in [6.45, 7) is 4.43. The Morgan fingerprint density at radius 3 is 2.70 bits per heavy atom. The van der Waals surface area contributed by atoms with E-state index in [0.717, 1.165) is 11.1 Å². The van der Waals surface area contributed by atoms with Gasteiger partial charge in [0, 0.05) is 6.54 Å². The van der Waals surface area contributed by atoms with Crippen LogP contribution in [0.3, 0.4) is 0 Å². The van der Waals surface area contributed by atoms with Crippen molar-refractivity contribution in [3.63, 3.8) is 0 Å². The maximum atomic E-state index is 12.9. The molecule has 0 fully saturated rings. The first-order chi connectivity index (χ1) is 11.1. The third kappa shape index (κ3) is 3.06. The Balaban J connectivity index is 1.78. The summed E-state index contributed by atoms with van der Waals surface area (Å²) in [7, 11) is 0. The number of rotatable bonds is 4. The molecule has 1 aromatic heterocycles. The zero-order valence-corrected chi connectivity index (χ0v) is 12.9. The zero-order valence-electron chi connectivity index (χ0n) is 12.9. The lowest BCUT2D eigenvalue weighted by atomic mass is 10.1. The van der Waals surface area contributed by atoms with Crippen LogP contribution in [0.2, 0.25) is 0 Å². The largest absolute Gasteiger partial charge is 0.454 e. The normalized spacial score (nSPS) is 12.3. The van der Waals surface area contributed by atoms with Crippen LogP contribution in [0.5, 0.6) is 0 Å². The number of carbonyl (C=O) groups is 1. The average Bonchev–Trinajstić information content (AvgIpc) is 2.97. The van der Waals surface area contributed by atoms with Crippen LogP contribution in [0.1, 0.15) is 35.9 Å². The molecule has 3 aromatic rings. The number of ether oxygens (including phenoxy) is 1. The number of halogens is 1. The molecule has 1 atom stereocenters. The first kappa shape index (κ1) is 15.1. The predicted octanol–water partition coefficient (Wildman–Crippen LogP) is 3.51. The standard InChI is InChI=1S/C17H16FN3O2/c1-3-21-16-9-6-13(10-15(16)19-20-21)17(22)23-11(2)12-4-7-14(18)8-5-12/h4-11H,3H2,1-2H3. The molecule has 0 amide bonds. The maximum absolute atomic E-state index is 12.9. The Hall–Kier alpha value is -2.76. The molecular formula is C17H16FN3O2. The first-order valence-electron chi connectivity index (χ1n) is 7.38. The molecule has 23 heavy (non-hydrogen) atoms. The number of esters is 1. The Bertz CT molecular complexity index is 843. The quantitative estimate of drug-likeness (QED) is 0.692. The molecule has 5 nitrogen and oxygen atoms in total. The Labute approximate surface area is 132 Å². The van der Waals surface area contributed by atoms with Crippen LogP contribution in [0.4, 0.5) is 4.39 Å². The van der Waals surface area contributed by atoms with Gasteiger partial charge in [-0.2, -0.15) is 0 Å². The van der Waals surface area contributed by atoms with Crippen molar-refractivity contribution < 1.29 is 13.9 Å². The van der Waals surface area contributed by atoms with Crippen molar-refractivity contribution in [2.24, 2.45) is 0 Å². The molecule has 0 N–H and O–H groups in total. The third-order valence-corrected chi connectivity index (χ3v) is 3.67. The summed E-state index contributed by atoms with van der Waals surface area (Å²) in [6, 6.07) is 11.0. The van der Waals surface area contributed by atoms with Gasteiger partial charge in [-0.25, -0.2) is 13.9 Å². The van der Waals surface area contributed by atoms with Crippen LogP contribution in [-0.2, 0) is 11.3 Å². The van der Waals surface area contributed by atoms with Crippen molar-refractivity contribution in [1.29, 1.82) is 0 Å². The van der Waals surface area contributed by atoms with Gasteiger partial charge in [0.05, 0.1) is 11.1 Å². The van der Waals surface area contributed by atoms with Crippen LogP contribution in [-0.4, -0.2) is 21.0 Å². The highest BCUT2D eigenvalue weighted by atomic mass is 19.1. The number of fused-ring (bicyclic) bond motifs is 1. The second kappa shape index (κ2) is 6.16. The highest BCUT2D eigenvalue weighted by Gasteiger charge is 2.15. The molecular weight excluding hydrogens is 297 g/mol. The lowest BCUT2D eigenvalue weighted by Gasteiger charge is -2.13. The van der Waals surface area contributed by atoms with E-state index in [4.69, 9.17) is 4.74 Å². The van der Waals surface area contributed by atoms with Gasteiger partial charge in [-0.1, -0.05) is 17.3 Å². The van der Waals surface area contributed by atoms with E-state index in [-0.39, 0.29) is 5.82 Å². The van der Waals surface area contributed by atoms with Gasteiger partial charge in [0.25, 0.3) is 0 Å². The number of benzene rings is 2. The van der Waals surface area contributed by atoms with Crippen LogP contribution in [0, 0.1) is 5.82 Å². The third-order valence-electron chi connectivity index (χ3n) is 3.67. The molecule has 6 heteroatoms. The summed E-state index contributed by atoms with van der Waals surface area (Å²) < 4.78 is 20.1. The summed E-state index contributed by atoms with van der Waals surface area (Å²) in [5.41, 5.74) is 2.67. The van der Waals surface area contributed by atoms with Crippen LogP contribution >= 0.6 is 0 Å². The Morgan fingerprint density at radius 2 is 2.00 bits per heavy atom. The van der Waals surface area contributed by atoms with Gasteiger partial charge in [0.1, 0.15) is 17.4 Å². The second-order valence-electron chi connectivity index (χ2n) is 5.21. The predicted molar refractivity (Wildman–Crippen MR) is 83.4 cm³/mol. The molecule has 0 aliphatic carbocycles. The number of hydrogen-bond acceptors (Lipinski definition) is 4. The van der Waals surface area contributed by atoms with Crippen molar-refractivity contribution in [1.82, 2.24) is 15.0 Å². The van der Waals surface area contributed by atoms with Gasteiger partial charge in [0.2, 0.25) is 0 Å². The van der Waals surface area contributed by atoms with E-state index in [1.54, 1.807) is 41.9 Å². The van der Waals surface area contributed by atoms with Crippen LogP contribution in [0.15, 0.2) is 42.5 Å². The fourth-order valence-corrected chi connectivity index (χ4v) is 2.36. The fraction of sp³-hybridized carbons (Fsp3) is 0.235. The number of nitrogens with zero attached hydrogens (tertiary/aromatic N) is 3. The molecule has 0 saturated carbocycles. The van der Waals surface area contributed by atoms with E-state index in [1.807, 2.05) is 6.92 Å². The Kier molecular flexibility index (Phi) is 4.06. The van der Waals surface area contributed by atoms with E-state index < -0.39 is 12.1 Å². The Morgan fingerprint density at radius 1 is 1.26 bits per heavy atom. The lowest BCUT2D eigenvalue weighted by Crippen LogP contribution is -2.09. The first-order valence-corrected chi connectivity index (χ1v) is 7.38. The number of aryl methyl sites for hydroxylation is 1. The number of aromatic nitrogens is 3. The van der Waals surface area contributed by atoms with E-state index >= 15 is 0 Å². The molecule has 1 heterocycles. The fourth-order valence-electron chi connectivity index (χ4n) is 2.36. The molecule has 0 aliphatic rings. The molecule has 118 valence electrons. The van der Waals surface area contributed by atoms with Gasteiger partial charge in [0.15, 0.2) is 0 Å². The second-order valence-corrected chi connectivity index (χ2v) is 5.21. The van der Waals surface area contributed by atoms with Crippen molar-refractivity contribution in [3.8, 4) is 0 Å². The van der Waals surface area contributed by atoms with E-state index in [9.17, 15) is 9.18 Å². The molecule has 0 radical (unpaired) electrons. The average molecular weight is 313 g/mol. The summed E-state index contributed by atoms with van der Waals surface area (Å²) in [5, 5.41) is 8.05. The van der Waals surface area contributed by atoms with Gasteiger partial charge < -0.3 is 4.74 Å². The SMILES string of the molecule is CCn1nnc2cc(C(=O)OC(C)c3ccc(F)cc3)ccc21.